The second-order valence-electron chi connectivity index (χ2n) is 4.76. The summed E-state index contributed by atoms with van der Waals surface area (Å²) < 4.78 is 5.64. The molecule has 0 aliphatic carbocycles. The van der Waals surface area contributed by atoms with Gasteiger partial charge in [0.1, 0.15) is 10.7 Å². The van der Waals surface area contributed by atoms with E-state index in [2.05, 4.69) is 28.4 Å². The quantitative estimate of drug-likeness (QED) is 0.663. The topological polar surface area (TPSA) is 73.1 Å². The van der Waals surface area contributed by atoms with Crippen LogP contribution in [-0.2, 0) is 17.6 Å². The van der Waals surface area contributed by atoms with Gasteiger partial charge in [-0.1, -0.05) is 6.92 Å². The van der Waals surface area contributed by atoms with Crippen LogP contribution in [0, 0.1) is 0 Å². The third-order valence-corrected chi connectivity index (χ3v) is 4.58. The average molecular weight is 278 g/mol. The number of anilines is 1. The Kier molecular flexibility index (Phi) is 3.63. The zero-order valence-electron chi connectivity index (χ0n) is 11.0. The molecule has 3 heterocycles. The maximum Gasteiger partial charge on any atom is 0.152 e. The summed E-state index contributed by atoms with van der Waals surface area (Å²) in [7, 11) is 0. The molecular weight excluding hydrogens is 260 g/mol. The average Bonchev–Trinajstić information content (AvgIpc) is 3.06. The van der Waals surface area contributed by atoms with Gasteiger partial charge in [0.05, 0.1) is 11.5 Å². The monoisotopic (exact) mass is 278 g/mol. The van der Waals surface area contributed by atoms with E-state index in [1.807, 2.05) is 0 Å². The van der Waals surface area contributed by atoms with Gasteiger partial charge in [0, 0.05) is 17.9 Å². The first-order valence-corrected chi connectivity index (χ1v) is 7.49. The molecule has 0 bridgehead atoms. The Hall–Kier alpha value is -1.24. The summed E-state index contributed by atoms with van der Waals surface area (Å²) in [4.78, 5) is 11.5. The van der Waals surface area contributed by atoms with Crippen LogP contribution in [0.5, 0.6) is 0 Å². The third-order valence-electron chi connectivity index (χ3n) is 3.41. The Morgan fingerprint density at radius 3 is 3.11 bits per heavy atom. The fourth-order valence-electron chi connectivity index (χ4n) is 2.40. The number of nitrogens with zero attached hydrogens (tertiary/aromatic N) is 2. The fraction of sp³-hybridized carbons (Fsp3) is 0.538. The fourth-order valence-corrected chi connectivity index (χ4v) is 3.39. The summed E-state index contributed by atoms with van der Waals surface area (Å²) in [5.41, 5.74) is 2.69. The van der Waals surface area contributed by atoms with Crippen molar-refractivity contribution < 1.29 is 4.74 Å². The Bertz CT molecular complexity index is 577. The second-order valence-corrected chi connectivity index (χ2v) is 5.87. The molecule has 1 fully saturated rings. The molecule has 3 N–H and O–H groups in total. The number of aryl methyl sites for hydroxylation is 1. The van der Waals surface area contributed by atoms with Gasteiger partial charge < -0.3 is 10.2 Å². The second kappa shape index (κ2) is 5.40. The molecule has 0 radical (unpaired) electrons. The molecule has 1 aliphatic heterocycles. The molecule has 102 valence electrons. The van der Waals surface area contributed by atoms with Crippen molar-refractivity contribution in [2.45, 2.75) is 38.7 Å². The van der Waals surface area contributed by atoms with E-state index in [-0.39, 0.29) is 6.10 Å². The highest BCUT2D eigenvalue weighted by atomic mass is 32.1. The lowest BCUT2D eigenvalue weighted by Crippen LogP contribution is -2.14. The zero-order chi connectivity index (χ0) is 13.2. The molecular formula is C13H18N4OS. The molecule has 3 rings (SSSR count). The number of aromatic nitrogens is 2. The zero-order valence-corrected chi connectivity index (χ0v) is 11.8. The number of ether oxygens (including phenoxy) is 1. The molecule has 1 aliphatic rings. The minimum atomic E-state index is 0.258. The predicted molar refractivity (Wildman–Crippen MR) is 77.3 cm³/mol. The molecule has 6 heteroatoms. The van der Waals surface area contributed by atoms with E-state index in [4.69, 9.17) is 10.6 Å². The van der Waals surface area contributed by atoms with Crippen molar-refractivity contribution in [3.05, 3.63) is 16.8 Å². The number of hydrazine groups is 1. The Morgan fingerprint density at radius 1 is 1.53 bits per heavy atom. The highest BCUT2D eigenvalue weighted by Gasteiger charge is 2.19. The normalized spacial score (nSPS) is 19.2. The van der Waals surface area contributed by atoms with Crippen molar-refractivity contribution >= 4 is 27.4 Å². The summed E-state index contributed by atoms with van der Waals surface area (Å²) >= 11 is 1.71. The Balaban J connectivity index is 1.95. The van der Waals surface area contributed by atoms with Crippen LogP contribution in [0.4, 0.5) is 5.82 Å². The molecule has 19 heavy (non-hydrogen) atoms. The van der Waals surface area contributed by atoms with E-state index < -0.39 is 0 Å². The summed E-state index contributed by atoms with van der Waals surface area (Å²) in [6.07, 6.45) is 4.26. The molecule has 2 aromatic heterocycles. The lowest BCUT2D eigenvalue weighted by atomic mass is 10.2. The summed E-state index contributed by atoms with van der Waals surface area (Å²) in [6, 6.07) is 2.12. The van der Waals surface area contributed by atoms with Gasteiger partial charge in [0.25, 0.3) is 0 Å². The van der Waals surface area contributed by atoms with Gasteiger partial charge in [-0.15, -0.1) is 11.3 Å². The molecule has 1 unspecified atom stereocenters. The number of hydrogen-bond donors (Lipinski definition) is 2. The molecule has 0 aromatic carbocycles. The van der Waals surface area contributed by atoms with Gasteiger partial charge in [-0.05, 0) is 25.3 Å². The first-order valence-electron chi connectivity index (χ1n) is 6.67. The van der Waals surface area contributed by atoms with E-state index in [0.717, 1.165) is 48.3 Å². The van der Waals surface area contributed by atoms with E-state index >= 15 is 0 Å². The van der Waals surface area contributed by atoms with Crippen molar-refractivity contribution in [1.82, 2.24) is 9.97 Å². The van der Waals surface area contributed by atoms with E-state index in [0.29, 0.717) is 5.82 Å². The van der Waals surface area contributed by atoms with Gasteiger partial charge in [-0.3, -0.25) is 0 Å². The van der Waals surface area contributed by atoms with Crippen LogP contribution in [0.25, 0.3) is 10.2 Å². The van der Waals surface area contributed by atoms with Crippen LogP contribution < -0.4 is 11.3 Å². The number of nitrogen functional groups attached to an aromatic ring is 1. The van der Waals surface area contributed by atoms with Gasteiger partial charge in [0.2, 0.25) is 0 Å². The van der Waals surface area contributed by atoms with Crippen molar-refractivity contribution in [3.8, 4) is 0 Å². The molecule has 1 atom stereocenters. The third kappa shape index (κ3) is 2.56. The van der Waals surface area contributed by atoms with Crippen LogP contribution in [0.2, 0.25) is 0 Å². The highest BCUT2D eigenvalue weighted by molar-refractivity contribution is 7.18. The maximum atomic E-state index is 5.64. The van der Waals surface area contributed by atoms with Gasteiger partial charge in [-0.2, -0.15) is 0 Å². The number of nitrogens with two attached hydrogens (primary N) is 1. The van der Waals surface area contributed by atoms with Crippen LogP contribution >= 0.6 is 11.3 Å². The predicted octanol–water partition coefficient (Wildman–Crippen LogP) is 2.26. The molecule has 0 amide bonds. The van der Waals surface area contributed by atoms with Crippen LogP contribution in [0.15, 0.2) is 6.07 Å². The maximum absolute atomic E-state index is 5.64. The Morgan fingerprint density at radius 2 is 2.42 bits per heavy atom. The number of hydrogen-bond acceptors (Lipinski definition) is 6. The number of rotatable bonds is 4. The van der Waals surface area contributed by atoms with Gasteiger partial charge >= 0.3 is 0 Å². The molecule has 0 spiro atoms. The molecule has 1 saturated heterocycles. The minimum absolute atomic E-state index is 0.258. The van der Waals surface area contributed by atoms with Crippen LogP contribution in [-0.4, -0.2) is 22.7 Å². The van der Waals surface area contributed by atoms with E-state index in [9.17, 15) is 0 Å². The standard InChI is InChI=1S/C13H18N4OS/c1-2-9-7-10-12(17-14)15-11(16-13(10)19-9)6-8-4-3-5-18-8/h7-8H,2-6,14H2,1H3,(H,15,16,17). The van der Waals surface area contributed by atoms with Gasteiger partial charge in [0.15, 0.2) is 5.82 Å². The SMILES string of the molecule is CCc1cc2c(NN)nc(CC3CCCO3)nc2s1. The van der Waals surface area contributed by atoms with Gasteiger partial charge in [-0.25, -0.2) is 15.8 Å². The largest absolute Gasteiger partial charge is 0.378 e. The number of thiophene rings is 1. The summed E-state index contributed by atoms with van der Waals surface area (Å²) in [5.74, 6) is 7.11. The summed E-state index contributed by atoms with van der Waals surface area (Å²) in [5, 5.41) is 1.01. The number of nitrogens with one attached hydrogen (secondary N) is 1. The van der Waals surface area contributed by atoms with Crippen LogP contribution in [0.3, 0.4) is 0 Å². The van der Waals surface area contributed by atoms with Crippen molar-refractivity contribution in [2.75, 3.05) is 12.0 Å². The smallest absolute Gasteiger partial charge is 0.152 e. The minimum Gasteiger partial charge on any atom is -0.378 e. The van der Waals surface area contributed by atoms with Crippen molar-refractivity contribution in [2.24, 2.45) is 5.84 Å². The molecule has 2 aromatic rings. The number of fused-ring (bicyclic) bond motifs is 1. The van der Waals surface area contributed by atoms with E-state index in [1.54, 1.807) is 11.3 Å². The van der Waals surface area contributed by atoms with Crippen molar-refractivity contribution in [3.63, 3.8) is 0 Å². The first-order chi connectivity index (χ1) is 9.30. The molecule has 5 nitrogen and oxygen atoms in total. The summed E-state index contributed by atoms with van der Waals surface area (Å²) in [6.45, 7) is 2.99. The lowest BCUT2D eigenvalue weighted by Gasteiger charge is -2.09. The van der Waals surface area contributed by atoms with Crippen LogP contribution in [0.1, 0.15) is 30.5 Å². The highest BCUT2D eigenvalue weighted by Crippen LogP contribution is 2.29. The van der Waals surface area contributed by atoms with E-state index in [1.165, 1.54) is 4.88 Å². The van der Waals surface area contributed by atoms with Crippen molar-refractivity contribution in [1.29, 1.82) is 0 Å². The lowest BCUT2D eigenvalue weighted by molar-refractivity contribution is 0.110. The Labute approximate surface area is 116 Å². The first kappa shape index (κ1) is 12.8. The molecule has 0 saturated carbocycles.